The molecule has 36 heavy (non-hydrogen) atoms. The molecule has 2 amide bonds. The Morgan fingerprint density at radius 1 is 1.11 bits per heavy atom. The van der Waals surface area contributed by atoms with Crippen molar-refractivity contribution in [1.29, 1.82) is 0 Å². The minimum absolute atomic E-state index is 0.0944. The molecule has 184 valence electrons. The number of fused-ring (bicyclic) bond motifs is 1. The van der Waals surface area contributed by atoms with Crippen molar-refractivity contribution in [2.45, 2.75) is 38.8 Å². The molecule has 1 fully saturated rings. The predicted octanol–water partition coefficient (Wildman–Crippen LogP) is 3.45. The summed E-state index contributed by atoms with van der Waals surface area (Å²) in [6, 6.07) is 14.6. The van der Waals surface area contributed by atoms with Gasteiger partial charge in [0, 0.05) is 23.5 Å². The molecule has 9 nitrogen and oxygen atoms in total. The molecule has 4 aromatic rings. The molecule has 5 rings (SSSR count). The van der Waals surface area contributed by atoms with Crippen LogP contribution < -0.4 is 16.0 Å². The summed E-state index contributed by atoms with van der Waals surface area (Å²) in [6.45, 7) is 3.56. The Kier molecular flexibility index (Phi) is 6.39. The number of hydrogen-bond donors (Lipinski definition) is 4. The van der Waals surface area contributed by atoms with Gasteiger partial charge in [0.15, 0.2) is 5.82 Å². The summed E-state index contributed by atoms with van der Waals surface area (Å²) in [5.74, 6) is 0.107. The maximum Gasteiger partial charge on any atom is 0.253 e. The van der Waals surface area contributed by atoms with Crippen molar-refractivity contribution in [1.82, 2.24) is 25.2 Å². The molecule has 1 aliphatic rings. The van der Waals surface area contributed by atoms with Crippen LogP contribution in [-0.4, -0.2) is 44.2 Å². The van der Waals surface area contributed by atoms with Crippen molar-refractivity contribution in [2.75, 3.05) is 11.9 Å². The SMILES string of the molecule is Cc1ccc(C(=O)NC2CC2)cc1Nc1ncnn2cc(C(=O)N[C@@H](CO)c3ccccc3)c(C)c12. The number of anilines is 2. The third-order valence-corrected chi connectivity index (χ3v) is 6.43. The molecule has 2 heterocycles. The number of hydrogen-bond acceptors (Lipinski definition) is 6. The summed E-state index contributed by atoms with van der Waals surface area (Å²) in [5, 5.41) is 23.4. The van der Waals surface area contributed by atoms with Crippen LogP contribution >= 0.6 is 0 Å². The number of nitrogens with zero attached hydrogens (tertiary/aromatic N) is 3. The van der Waals surface area contributed by atoms with E-state index in [0.717, 1.165) is 29.7 Å². The van der Waals surface area contributed by atoms with Crippen LogP contribution in [0, 0.1) is 13.8 Å². The van der Waals surface area contributed by atoms with Crippen molar-refractivity contribution < 1.29 is 14.7 Å². The molecular formula is C27H28N6O3. The Morgan fingerprint density at radius 2 is 1.89 bits per heavy atom. The van der Waals surface area contributed by atoms with E-state index in [4.69, 9.17) is 0 Å². The molecular weight excluding hydrogens is 456 g/mol. The van der Waals surface area contributed by atoms with Gasteiger partial charge in [0.05, 0.1) is 18.2 Å². The molecule has 0 radical (unpaired) electrons. The van der Waals surface area contributed by atoms with Crippen LogP contribution in [0.25, 0.3) is 5.52 Å². The summed E-state index contributed by atoms with van der Waals surface area (Å²) in [4.78, 5) is 30.1. The minimum atomic E-state index is -0.531. The first-order valence-electron chi connectivity index (χ1n) is 11.9. The van der Waals surface area contributed by atoms with Gasteiger partial charge in [-0.2, -0.15) is 5.10 Å². The zero-order valence-electron chi connectivity index (χ0n) is 20.2. The van der Waals surface area contributed by atoms with E-state index >= 15 is 0 Å². The van der Waals surface area contributed by atoms with Gasteiger partial charge in [0.2, 0.25) is 0 Å². The molecule has 0 unspecified atom stereocenters. The molecule has 1 saturated carbocycles. The minimum Gasteiger partial charge on any atom is -0.394 e. The third-order valence-electron chi connectivity index (χ3n) is 6.43. The number of aromatic nitrogens is 3. The van der Waals surface area contributed by atoms with Gasteiger partial charge >= 0.3 is 0 Å². The van der Waals surface area contributed by atoms with E-state index in [1.807, 2.05) is 62.4 Å². The normalized spacial score (nSPS) is 13.9. The average molecular weight is 485 g/mol. The largest absolute Gasteiger partial charge is 0.394 e. The summed E-state index contributed by atoms with van der Waals surface area (Å²) in [7, 11) is 0. The van der Waals surface area contributed by atoms with Crippen molar-refractivity contribution in [3.63, 3.8) is 0 Å². The summed E-state index contributed by atoms with van der Waals surface area (Å²) in [6.07, 6.45) is 5.11. The van der Waals surface area contributed by atoms with Crippen LogP contribution in [0.2, 0.25) is 0 Å². The molecule has 2 aromatic heterocycles. The summed E-state index contributed by atoms with van der Waals surface area (Å²) in [5.41, 5.74) is 4.86. The monoisotopic (exact) mass is 484 g/mol. The van der Waals surface area contributed by atoms with Gasteiger partial charge in [0.1, 0.15) is 11.8 Å². The van der Waals surface area contributed by atoms with Gasteiger partial charge in [-0.1, -0.05) is 36.4 Å². The van der Waals surface area contributed by atoms with Gasteiger partial charge in [-0.15, -0.1) is 0 Å². The zero-order valence-corrected chi connectivity index (χ0v) is 20.2. The second-order valence-electron chi connectivity index (χ2n) is 9.09. The highest BCUT2D eigenvalue weighted by atomic mass is 16.3. The Labute approximate surface area is 208 Å². The van der Waals surface area contributed by atoms with Gasteiger partial charge < -0.3 is 21.1 Å². The molecule has 1 atom stereocenters. The lowest BCUT2D eigenvalue weighted by Crippen LogP contribution is -2.30. The summed E-state index contributed by atoms with van der Waals surface area (Å²) < 4.78 is 1.61. The number of aryl methyl sites for hydroxylation is 2. The van der Waals surface area contributed by atoms with E-state index < -0.39 is 6.04 Å². The number of carbonyl (C=O) groups is 2. The van der Waals surface area contributed by atoms with Gasteiger partial charge in [-0.05, 0) is 55.5 Å². The molecule has 4 N–H and O–H groups in total. The van der Waals surface area contributed by atoms with Crippen molar-refractivity contribution in [3.05, 3.63) is 88.9 Å². The molecule has 9 heteroatoms. The van der Waals surface area contributed by atoms with E-state index in [-0.39, 0.29) is 24.5 Å². The quantitative estimate of drug-likeness (QED) is 0.304. The fourth-order valence-corrected chi connectivity index (χ4v) is 4.16. The second-order valence-corrected chi connectivity index (χ2v) is 9.09. The first-order valence-corrected chi connectivity index (χ1v) is 11.9. The Balaban J connectivity index is 1.43. The number of aliphatic hydroxyl groups excluding tert-OH is 1. The molecule has 0 aliphatic heterocycles. The van der Waals surface area contributed by atoms with Crippen LogP contribution in [-0.2, 0) is 0 Å². The van der Waals surface area contributed by atoms with Crippen molar-refractivity contribution >= 4 is 28.8 Å². The van der Waals surface area contributed by atoms with E-state index in [0.29, 0.717) is 28.0 Å². The lowest BCUT2D eigenvalue weighted by atomic mass is 10.1. The number of nitrogens with one attached hydrogen (secondary N) is 3. The predicted molar refractivity (Wildman–Crippen MR) is 136 cm³/mol. The van der Waals surface area contributed by atoms with Crippen LogP contribution in [0.15, 0.2) is 61.1 Å². The Bertz CT molecular complexity index is 1430. The molecule has 0 spiro atoms. The fourth-order valence-electron chi connectivity index (χ4n) is 4.16. The van der Waals surface area contributed by atoms with E-state index in [1.54, 1.807) is 10.7 Å². The van der Waals surface area contributed by atoms with Gasteiger partial charge in [0.25, 0.3) is 11.8 Å². The highest BCUT2D eigenvalue weighted by Crippen LogP contribution is 2.28. The van der Waals surface area contributed by atoms with E-state index in [1.165, 1.54) is 6.33 Å². The van der Waals surface area contributed by atoms with Gasteiger partial charge in [-0.3, -0.25) is 9.59 Å². The first kappa shape index (κ1) is 23.5. The highest BCUT2D eigenvalue weighted by molar-refractivity contribution is 6.00. The molecule has 0 bridgehead atoms. The zero-order chi connectivity index (χ0) is 25.2. The number of aliphatic hydroxyl groups is 1. The van der Waals surface area contributed by atoms with E-state index in [2.05, 4.69) is 26.0 Å². The van der Waals surface area contributed by atoms with E-state index in [9.17, 15) is 14.7 Å². The lowest BCUT2D eigenvalue weighted by Gasteiger charge is -2.16. The van der Waals surface area contributed by atoms with Crippen LogP contribution in [0.1, 0.15) is 56.3 Å². The van der Waals surface area contributed by atoms with Crippen LogP contribution in [0.3, 0.4) is 0 Å². The van der Waals surface area contributed by atoms with Crippen molar-refractivity contribution in [3.8, 4) is 0 Å². The molecule has 2 aromatic carbocycles. The first-order chi connectivity index (χ1) is 17.4. The number of carbonyl (C=O) groups excluding carboxylic acids is 2. The number of rotatable bonds is 8. The maximum absolute atomic E-state index is 13.2. The van der Waals surface area contributed by atoms with Crippen LogP contribution in [0.4, 0.5) is 11.5 Å². The fraction of sp³-hybridized carbons (Fsp3) is 0.259. The summed E-state index contributed by atoms with van der Waals surface area (Å²) >= 11 is 0. The maximum atomic E-state index is 13.2. The molecule has 1 aliphatic carbocycles. The standard InChI is InChI=1S/C27H28N6O3/c1-16-8-9-19(26(35)30-20-10-11-20)12-22(16)31-25-24-17(2)21(13-33(24)29-15-28-25)27(36)32-23(14-34)18-6-4-3-5-7-18/h3-9,12-13,15,20,23,34H,10-11,14H2,1-2H3,(H,30,35)(H,32,36)(H,28,29,31)/t23-/m0/s1. The Hall–Kier alpha value is -4.24. The van der Waals surface area contributed by atoms with Gasteiger partial charge in [-0.25, -0.2) is 9.50 Å². The Morgan fingerprint density at radius 3 is 2.61 bits per heavy atom. The second kappa shape index (κ2) is 9.79. The van der Waals surface area contributed by atoms with Crippen LogP contribution in [0.5, 0.6) is 0 Å². The smallest absolute Gasteiger partial charge is 0.253 e. The lowest BCUT2D eigenvalue weighted by molar-refractivity contribution is 0.0914. The van der Waals surface area contributed by atoms with Crippen molar-refractivity contribution in [2.24, 2.45) is 0 Å². The molecule has 0 saturated heterocycles. The third kappa shape index (κ3) is 4.78. The highest BCUT2D eigenvalue weighted by Gasteiger charge is 2.24. The number of amides is 2. The average Bonchev–Trinajstić information content (AvgIpc) is 3.64. The number of benzene rings is 2. The topological polar surface area (TPSA) is 121 Å².